The van der Waals surface area contributed by atoms with Gasteiger partial charge in [0.2, 0.25) is 5.91 Å². The Bertz CT molecular complexity index is 1240. The molecule has 8 heteroatoms. The van der Waals surface area contributed by atoms with Crippen LogP contribution in [0, 0.1) is 5.41 Å². The van der Waals surface area contributed by atoms with Gasteiger partial charge in [-0.1, -0.05) is 36.2 Å². The number of benzene rings is 2. The first-order valence-corrected chi connectivity index (χ1v) is 12.2. The number of carbonyl (C=O) groups is 1. The highest BCUT2D eigenvalue weighted by Gasteiger charge is 2.54. The minimum absolute atomic E-state index is 0.108. The molecule has 1 spiro atoms. The Morgan fingerprint density at radius 3 is 2.61 bits per heavy atom. The van der Waals surface area contributed by atoms with E-state index in [0.717, 1.165) is 53.9 Å². The normalized spacial score (nSPS) is 18.9. The van der Waals surface area contributed by atoms with Crippen LogP contribution in [-0.4, -0.2) is 38.7 Å². The Balaban J connectivity index is 1.25. The molecule has 0 N–H and O–H groups in total. The standard InChI is InChI=1S/C25H25Cl2N5O/c1-2-23(33)30-12-16-8-19(27)6-7-21(16)32-22(13-30)28-29-24(32)17-10-25(11-17)14-31(15-25)20-5-3-4-18(26)9-20/h3-9,17H,2,10-15H2,1H3. The molecule has 1 aromatic heterocycles. The second-order valence-corrected chi connectivity index (χ2v) is 10.5. The average molecular weight is 482 g/mol. The van der Waals surface area contributed by atoms with E-state index in [4.69, 9.17) is 23.2 Å². The van der Waals surface area contributed by atoms with Gasteiger partial charge < -0.3 is 9.80 Å². The smallest absolute Gasteiger partial charge is 0.222 e. The summed E-state index contributed by atoms with van der Waals surface area (Å²) in [5, 5.41) is 10.6. The van der Waals surface area contributed by atoms with Gasteiger partial charge in [0.25, 0.3) is 0 Å². The van der Waals surface area contributed by atoms with Crippen molar-refractivity contribution in [2.24, 2.45) is 5.41 Å². The second kappa shape index (κ2) is 7.74. The number of rotatable bonds is 3. The number of hydrogen-bond donors (Lipinski definition) is 0. The van der Waals surface area contributed by atoms with E-state index in [9.17, 15) is 4.79 Å². The lowest BCUT2D eigenvalue weighted by molar-refractivity contribution is -0.132. The Morgan fingerprint density at radius 2 is 1.85 bits per heavy atom. The van der Waals surface area contributed by atoms with E-state index in [1.807, 2.05) is 48.2 Å². The van der Waals surface area contributed by atoms with Crippen LogP contribution >= 0.6 is 23.2 Å². The van der Waals surface area contributed by atoms with Gasteiger partial charge in [-0.2, -0.15) is 0 Å². The highest BCUT2D eigenvalue weighted by atomic mass is 35.5. The molecule has 1 amide bonds. The number of hydrogen-bond acceptors (Lipinski definition) is 4. The SMILES string of the molecule is CCC(=O)N1Cc2cc(Cl)ccc2-n2c(nnc2C2CC3(C2)CN(c2cccc(Cl)c2)C3)C1. The highest BCUT2D eigenvalue weighted by molar-refractivity contribution is 6.31. The van der Waals surface area contributed by atoms with E-state index in [1.165, 1.54) is 5.69 Å². The quantitative estimate of drug-likeness (QED) is 0.515. The first-order chi connectivity index (χ1) is 15.9. The summed E-state index contributed by atoms with van der Waals surface area (Å²) in [5.41, 5.74) is 3.61. The van der Waals surface area contributed by atoms with Gasteiger partial charge in [-0.25, -0.2) is 0 Å². The molecule has 6 rings (SSSR count). The number of fused-ring (bicyclic) bond motifs is 3. The summed E-state index contributed by atoms with van der Waals surface area (Å²) in [6.45, 7) is 4.99. The lowest BCUT2D eigenvalue weighted by atomic mass is 9.57. The number of amides is 1. The topological polar surface area (TPSA) is 54.3 Å². The molecular weight excluding hydrogens is 457 g/mol. The third-order valence-corrected chi connectivity index (χ3v) is 7.81. The van der Waals surface area contributed by atoms with Crippen molar-refractivity contribution in [3.05, 3.63) is 69.7 Å². The molecule has 3 heterocycles. The average Bonchev–Trinajstić information content (AvgIpc) is 3.06. The second-order valence-electron chi connectivity index (χ2n) is 9.63. The van der Waals surface area contributed by atoms with Crippen LogP contribution in [-0.2, 0) is 17.9 Å². The number of anilines is 1. The van der Waals surface area contributed by atoms with Crippen molar-refractivity contribution in [3.8, 4) is 5.69 Å². The van der Waals surface area contributed by atoms with Crippen molar-refractivity contribution in [1.82, 2.24) is 19.7 Å². The lowest BCUT2D eigenvalue weighted by Crippen LogP contribution is -2.62. The Hall–Kier alpha value is -2.57. The van der Waals surface area contributed by atoms with Crippen LogP contribution in [0.3, 0.4) is 0 Å². The molecule has 6 nitrogen and oxygen atoms in total. The van der Waals surface area contributed by atoms with E-state index in [1.54, 1.807) is 0 Å². The van der Waals surface area contributed by atoms with Gasteiger partial charge in [-0.05, 0) is 54.8 Å². The van der Waals surface area contributed by atoms with E-state index >= 15 is 0 Å². The van der Waals surface area contributed by atoms with Gasteiger partial charge in [0.1, 0.15) is 5.82 Å². The molecule has 170 valence electrons. The van der Waals surface area contributed by atoms with Gasteiger partial charge in [0.05, 0.1) is 12.2 Å². The molecule has 1 saturated carbocycles. The summed E-state index contributed by atoms with van der Waals surface area (Å²) in [4.78, 5) is 16.8. The van der Waals surface area contributed by atoms with Crippen LogP contribution < -0.4 is 4.90 Å². The molecule has 1 saturated heterocycles. The van der Waals surface area contributed by atoms with Crippen LogP contribution in [0.5, 0.6) is 0 Å². The van der Waals surface area contributed by atoms with Crippen molar-refractivity contribution in [1.29, 1.82) is 0 Å². The van der Waals surface area contributed by atoms with Gasteiger partial charge >= 0.3 is 0 Å². The predicted molar refractivity (Wildman–Crippen MR) is 129 cm³/mol. The molecule has 2 aromatic carbocycles. The molecule has 33 heavy (non-hydrogen) atoms. The molecular formula is C25H25Cl2N5O. The molecule has 0 unspecified atom stereocenters. The van der Waals surface area contributed by atoms with Gasteiger partial charge in [-0.15, -0.1) is 10.2 Å². The summed E-state index contributed by atoms with van der Waals surface area (Å²) in [6, 6.07) is 14.0. The van der Waals surface area contributed by atoms with Crippen molar-refractivity contribution < 1.29 is 4.79 Å². The molecule has 2 aliphatic heterocycles. The molecule has 0 bridgehead atoms. The molecule has 0 atom stereocenters. The minimum Gasteiger partial charge on any atom is -0.370 e. The monoisotopic (exact) mass is 481 g/mol. The lowest BCUT2D eigenvalue weighted by Gasteiger charge is -2.59. The first kappa shape index (κ1) is 21.0. The van der Waals surface area contributed by atoms with E-state index in [2.05, 4.69) is 25.7 Å². The Morgan fingerprint density at radius 1 is 1.06 bits per heavy atom. The Kier molecular flexibility index (Phi) is 4.93. The van der Waals surface area contributed by atoms with Crippen LogP contribution in [0.2, 0.25) is 10.0 Å². The predicted octanol–water partition coefficient (Wildman–Crippen LogP) is 5.21. The molecule has 2 fully saturated rings. The maximum atomic E-state index is 12.6. The number of aromatic nitrogens is 3. The Labute approximate surface area is 203 Å². The number of carbonyl (C=O) groups excluding carboxylic acids is 1. The van der Waals surface area contributed by atoms with Crippen molar-refractivity contribution >= 4 is 34.8 Å². The van der Waals surface area contributed by atoms with E-state index in [-0.39, 0.29) is 5.91 Å². The number of halogens is 2. The van der Waals surface area contributed by atoms with Gasteiger partial charge in [0, 0.05) is 53.1 Å². The molecule has 0 radical (unpaired) electrons. The van der Waals surface area contributed by atoms with E-state index < -0.39 is 0 Å². The summed E-state index contributed by atoms with van der Waals surface area (Å²) >= 11 is 12.5. The highest BCUT2D eigenvalue weighted by Crippen LogP contribution is 2.57. The van der Waals surface area contributed by atoms with Crippen LogP contribution in [0.4, 0.5) is 5.69 Å². The zero-order valence-electron chi connectivity index (χ0n) is 18.5. The van der Waals surface area contributed by atoms with Crippen LogP contribution in [0.15, 0.2) is 42.5 Å². The van der Waals surface area contributed by atoms with Crippen molar-refractivity contribution in [2.45, 2.75) is 45.2 Å². The maximum Gasteiger partial charge on any atom is 0.222 e. The van der Waals surface area contributed by atoms with E-state index in [0.29, 0.717) is 35.9 Å². The summed E-state index contributed by atoms with van der Waals surface area (Å²) < 4.78 is 2.18. The maximum absolute atomic E-state index is 12.6. The van der Waals surface area contributed by atoms with Crippen LogP contribution in [0.25, 0.3) is 5.69 Å². The summed E-state index contributed by atoms with van der Waals surface area (Å²) in [5.74, 6) is 2.30. The van der Waals surface area contributed by atoms with Crippen molar-refractivity contribution in [2.75, 3.05) is 18.0 Å². The molecule has 3 aliphatic rings. The number of nitrogens with zero attached hydrogens (tertiary/aromatic N) is 5. The first-order valence-electron chi connectivity index (χ1n) is 11.5. The largest absolute Gasteiger partial charge is 0.370 e. The van der Waals surface area contributed by atoms with Gasteiger partial charge in [0.15, 0.2) is 5.82 Å². The summed E-state index contributed by atoms with van der Waals surface area (Å²) in [6.07, 6.45) is 2.66. The third kappa shape index (κ3) is 3.51. The van der Waals surface area contributed by atoms with Gasteiger partial charge in [-0.3, -0.25) is 9.36 Å². The molecule has 1 aliphatic carbocycles. The zero-order chi connectivity index (χ0) is 22.7. The van der Waals surface area contributed by atoms with Crippen LogP contribution in [0.1, 0.15) is 49.3 Å². The fraction of sp³-hybridized carbons (Fsp3) is 0.400. The molecule has 3 aromatic rings. The third-order valence-electron chi connectivity index (χ3n) is 7.34. The summed E-state index contributed by atoms with van der Waals surface area (Å²) in [7, 11) is 0. The van der Waals surface area contributed by atoms with Crippen molar-refractivity contribution in [3.63, 3.8) is 0 Å². The minimum atomic E-state index is 0.108. The zero-order valence-corrected chi connectivity index (χ0v) is 20.0. The fourth-order valence-electron chi connectivity index (χ4n) is 5.74. The fourth-order valence-corrected chi connectivity index (χ4v) is 6.12.